The Labute approximate surface area is 105 Å². The van der Waals surface area contributed by atoms with Gasteiger partial charge in [0.25, 0.3) is 0 Å². The molecule has 1 unspecified atom stereocenters. The number of nitrogens with one attached hydrogen (secondary N) is 2. The predicted molar refractivity (Wildman–Crippen MR) is 65.8 cm³/mol. The van der Waals surface area contributed by atoms with Gasteiger partial charge in [0.15, 0.2) is 0 Å². The molecule has 2 rings (SSSR count). The molecular weight excluding hydrogens is 238 g/mol. The number of hydrogen-bond acceptors (Lipinski definition) is 3. The largest absolute Gasteiger partial charge is 0.383 e. The Kier molecular flexibility index (Phi) is 3.50. The summed E-state index contributed by atoms with van der Waals surface area (Å²) in [4.78, 5) is 11.0. The molecule has 1 aliphatic heterocycles. The molecular formula is C12H12ClN3O. The van der Waals surface area contributed by atoms with Gasteiger partial charge in [-0.3, -0.25) is 4.79 Å². The highest BCUT2D eigenvalue weighted by Gasteiger charge is 2.19. The highest BCUT2D eigenvalue weighted by atomic mass is 35.5. The molecule has 1 fully saturated rings. The number of amides is 1. The monoisotopic (exact) mass is 249 g/mol. The lowest BCUT2D eigenvalue weighted by molar-refractivity contribution is -0.119. The van der Waals surface area contributed by atoms with Crippen LogP contribution in [0.2, 0.25) is 5.02 Å². The van der Waals surface area contributed by atoms with E-state index < -0.39 is 0 Å². The van der Waals surface area contributed by atoms with E-state index in [1.165, 1.54) is 0 Å². The molecule has 0 saturated carbocycles. The van der Waals surface area contributed by atoms with Gasteiger partial charge in [0, 0.05) is 24.7 Å². The zero-order chi connectivity index (χ0) is 12.3. The maximum absolute atomic E-state index is 11.0. The van der Waals surface area contributed by atoms with Crippen LogP contribution in [0.4, 0.5) is 5.69 Å². The minimum Gasteiger partial charge on any atom is -0.383 e. The number of anilines is 1. The van der Waals surface area contributed by atoms with Crippen LogP contribution in [-0.4, -0.2) is 18.5 Å². The summed E-state index contributed by atoms with van der Waals surface area (Å²) in [5.74, 6) is 0.106. The molecule has 0 radical (unpaired) electrons. The SMILES string of the molecule is N#Cc1ccc(NCC2CCC(=O)N2)cc1Cl. The molecule has 1 aromatic rings. The molecule has 88 valence electrons. The topological polar surface area (TPSA) is 64.9 Å². The summed E-state index contributed by atoms with van der Waals surface area (Å²) in [7, 11) is 0. The standard InChI is InChI=1S/C12H12ClN3O/c13-11-5-9(2-1-8(11)6-14)15-7-10-3-4-12(17)16-10/h1-2,5,10,15H,3-4,7H2,(H,16,17). The van der Waals surface area contributed by atoms with Gasteiger partial charge < -0.3 is 10.6 Å². The maximum atomic E-state index is 11.0. The average molecular weight is 250 g/mol. The Morgan fingerprint density at radius 1 is 1.59 bits per heavy atom. The summed E-state index contributed by atoms with van der Waals surface area (Å²) in [6.45, 7) is 0.675. The summed E-state index contributed by atoms with van der Waals surface area (Å²) in [6, 6.07) is 7.39. The fraction of sp³-hybridized carbons (Fsp3) is 0.333. The maximum Gasteiger partial charge on any atom is 0.220 e. The van der Waals surface area contributed by atoms with Crippen LogP contribution in [0.5, 0.6) is 0 Å². The predicted octanol–water partition coefficient (Wildman–Crippen LogP) is 1.90. The second-order valence-electron chi connectivity index (χ2n) is 3.99. The van der Waals surface area contributed by atoms with Crippen LogP contribution in [0.3, 0.4) is 0 Å². The van der Waals surface area contributed by atoms with Crippen molar-refractivity contribution in [3.05, 3.63) is 28.8 Å². The van der Waals surface area contributed by atoms with Gasteiger partial charge in [0.2, 0.25) is 5.91 Å². The lowest BCUT2D eigenvalue weighted by Gasteiger charge is -2.12. The fourth-order valence-electron chi connectivity index (χ4n) is 1.79. The van der Waals surface area contributed by atoms with Crippen LogP contribution >= 0.6 is 11.6 Å². The Balaban J connectivity index is 1.93. The smallest absolute Gasteiger partial charge is 0.220 e. The highest BCUT2D eigenvalue weighted by Crippen LogP contribution is 2.20. The van der Waals surface area contributed by atoms with Gasteiger partial charge in [-0.2, -0.15) is 5.26 Å². The molecule has 0 bridgehead atoms. The van der Waals surface area contributed by atoms with Crippen molar-refractivity contribution in [3.8, 4) is 6.07 Å². The minimum absolute atomic E-state index is 0.106. The minimum atomic E-state index is 0.106. The lowest BCUT2D eigenvalue weighted by atomic mass is 10.2. The Hall–Kier alpha value is -1.73. The van der Waals surface area contributed by atoms with Gasteiger partial charge in [-0.05, 0) is 24.6 Å². The van der Waals surface area contributed by atoms with Crippen molar-refractivity contribution in [1.82, 2.24) is 5.32 Å². The van der Waals surface area contributed by atoms with Crippen molar-refractivity contribution in [2.75, 3.05) is 11.9 Å². The van der Waals surface area contributed by atoms with Crippen LogP contribution in [0, 0.1) is 11.3 Å². The first-order chi connectivity index (χ1) is 8.19. The molecule has 0 spiro atoms. The molecule has 1 heterocycles. The van der Waals surface area contributed by atoms with Crippen molar-refractivity contribution in [1.29, 1.82) is 5.26 Å². The van der Waals surface area contributed by atoms with Crippen molar-refractivity contribution >= 4 is 23.2 Å². The number of halogens is 1. The van der Waals surface area contributed by atoms with Gasteiger partial charge in [-0.15, -0.1) is 0 Å². The van der Waals surface area contributed by atoms with Gasteiger partial charge in [-0.25, -0.2) is 0 Å². The van der Waals surface area contributed by atoms with E-state index in [9.17, 15) is 4.79 Å². The highest BCUT2D eigenvalue weighted by molar-refractivity contribution is 6.32. The molecule has 1 saturated heterocycles. The van der Waals surface area contributed by atoms with Gasteiger partial charge in [-0.1, -0.05) is 11.6 Å². The molecule has 1 aliphatic rings. The quantitative estimate of drug-likeness (QED) is 0.860. The molecule has 1 amide bonds. The second-order valence-corrected chi connectivity index (χ2v) is 4.40. The van der Waals surface area contributed by atoms with E-state index in [4.69, 9.17) is 16.9 Å². The van der Waals surface area contributed by atoms with Gasteiger partial charge >= 0.3 is 0 Å². The van der Waals surface area contributed by atoms with E-state index in [2.05, 4.69) is 10.6 Å². The molecule has 0 aromatic heterocycles. The number of carbonyl (C=O) groups is 1. The number of benzene rings is 1. The molecule has 17 heavy (non-hydrogen) atoms. The first-order valence-electron chi connectivity index (χ1n) is 5.42. The van der Waals surface area contributed by atoms with E-state index in [1.807, 2.05) is 6.07 Å². The van der Waals surface area contributed by atoms with E-state index in [0.29, 0.717) is 23.6 Å². The van der Waals surface area contributed by atoms with Gasteiger partial charge in [0.05, 0.1) is 10.6 Å². The zero-order valence-electron chi connectivity index (χ0n) is 9.16. The molecule has 5 heteroatoms. The van der Waals surface area contributed by atoms with Crippen molar-refractivity contribution in [2.24, 2.45) is 0 Å². The van der Waals surface area contributed by atoms with E-state index in [0.717, 1.165) is 12.1 Å². The van der Waals surface area contributed by atoms with Crippen molar-refractivity contribution in [3.63, 3.8) is 0 Å². The van der Waals surface area contributed by atoms with Crippen LogP contribution in [0.25, 0.3) is 0 Å². The van der Waals surface area contributed by atoms with E-state index in [1.54, 1.807) is 18.2 Å². The Bertz CT molecular complexity index is 481. The van der Waals surface area contributed by atoms with Crippen molar-refractivity contribution in [2.45, 2.75) is 18.9 Å². The third kappa shape index (κ3) is 2.89. The average Bonchev–Trinajstić information content (AvgIpc) is 2.73. The number of carbonyl (C=O) groups excluding carboxylic acids is 1. The van der Waals surface area contributed by atoms with Gasteiger partial charge in [0.1, 0.15) is 6.07 Å². The molecule has 1 aromatic carbocycles. The Morgan fingerprint density at radius 3 is 3.00 bits per heavy atom. The summed E-state index contributed by atoms with van der Waals surface area (Å²) < 4.78 is 0. The van der Waals surface area contributed by atoms with Crippen LogP contribution in [-0.2, 0) is 4.79 Å². The summed E-state index contributed by atoms with van der Waals surface area (Å²) in [5.41, 5.74) is 1.32. The zero-order valence-corrected chi connectivity index (χ0v) is 9.92. The molecule has 4 nitrogen and oxygen atoms in total. The first kappa shape index (κ1) is 11.7. The number of nitrogens with zero attached hydrogens (tertiary/aromatic N) is 1. The van der Waals surface area contributed by atoms with Crippen molar-refractivity contribution < 1.29 is 4.79 Å². The lowest BCUT2D eigenvalue weighted by Crippen LogP contribution is -2.31. The molecule has 0 aliphatic carbocycles. The van der Waals surface area contributed by atoms with E-state index >= 15 is 0 Å². The Morgan fingerprint density at radius 2 is 2.41 bits per heavy atom. The number of nitriles is 1. The fourth-order valence-corrected chi connectivity index (χ4v) is 2.01. The number of rotatable bonds is 3. The first-order valence-corrected chi connectivity index (χ1v) is 5.79. The molecule has 1 atom stereocenters. The normalized spacial score (nSPS) is 18.6. The van der Waals surface area contributed by atoms with Crippen LogP contribution in [0.1, 0.15) is 18.4 Å². The van der Waals surface area contributed by atoms with Crippen LogP contribution < -0.4 is 10.6 Å². The summed E-state index contributed by atoms with van der Waals surface area (Å²) in [5, 5.41) is 15.2. The molecule has 2 N–H and O–H groups in total. The summed E-state index contributed by atoms with van der Waals surface area (Å²) in [6.07, 6.45) is 1.45. The third-order valence-electron chi connectivity index (χ3n) is 2.73. The summed E-state index contributed by atoms with van der Waals surface area (Å²) >= 11 is 5.92. The van der Waals surface area contributed by atoms with E-state index in [-0.39, 0.29) is 11.9 Å². The van der Waals surface area contributed by atoms with Crippen LogP contribution in [0.15, 0.2) is 18.2 Å². The third-order valence-corrected chi connectivity index (χ3v) is 3.04. The number of hydrogen-bond donors (Lipinski definition) is 2. The second kappa shape index (κ2) is 5.07.